The molecule has 140 valence electrons. The van der Waals surface area contributed by atoms with E-state index < -0.39 is 0 Å². The van der Waals surface area contributed by atoms with Gasteiger partial charge in [0.1, 0.15) is 8.71 Å². The maximum atomic E-state index is 12.0. The standard InChI is InChI=1S/C17H17IN6O2S/c18-13-6-9-24(17(26)20-13)8-2-1-5-15-22-23-16(27-15)21-14(25)10-12-4-3-7-19-11-12/h3-4,6-7,9,11H,1-2,5,8,10H2,(H,21,23,25). The van der Waals surface area contributed by atoms with Gasteiger partial charge >= 0.3 is 5.69 Å². The van der Waals surface area contributed by atoms with Crippen molar-refractivity contribution in [2.75, 3.05) is 5.32 Å². The van der Waals surface area contributed by atoms with Gasteiger partial charge in [0.15, 0.2) is 0 Å². The number of carbonyl (C=O) groups is 1. The number of halogens is 1. The number of rotatable bonds is 8. The van der Waals surface area contributed by atoms with E-state index >= 15 is 0 Å². The molecule has 0 atom stereocenters. The Kier molecular flexibility index (Phi) is 6.98. The lowest BCUT2D eigenvalue weighted by atomic mass is 10.2. The monoisotopic (exact) mass is 496 g/mol. The fourth-order valence-corrected chi connectivity index (χ4v) is 3.56. The first-order valence-corrected chi connectivity index (χ1v) is 10.2. The summed E-state index contributed by atoms with van der Waals surface area (Å²) in [5.41, 5.74) is 0.622. The number of aromatic nitrogens is 5. The largest absolute Gasteiger partial charge is 0.348 e. The molecular formula is C17H17IN6O2S. The number of unbranched alkanes of at least 4 members (excludes halogenated alkanes) is 1. The van der Waals surface area contributed by atoms with E-state index in [1.807, 2.05) is 34.7 Å². The average Bonchev–Trinajstić information content (AvgIpc) is 3.08. The van der Waals surface area contributed by atoms with E-state index in [1.165, 1.54) is 11.3 Å². The van der Waals surface area contributed by atoms with Crippen LogP contribution in [0, 0.1) is 3.70 Å². The summed E-state index contributed by atoms with van der Waals surface area (Å²) in [7, 11) is 0. The van der Waals surface area contributed by atoms with Gasteiger partial charge in [0, 0.05) is 31.6 Å². The zero-order chi connectivity index (χ0) is 19.1. The Balaban J connectivity index is 1.42. The number of aryl methyl sites for hydroxylation is 2. The van der Waals surface area contributed by atoms with Gasteiger partial charge < -0.3 is 5.32 Å². The summed E-state index contributed by atoms with van der Waals surface area (Å²) in [6.45, 7) is 0.621. The Morgan fingerprint density at radius 2 is 2.15 bits per heavy atom. The molecule has 0 radical (unpaired) electrons. The number of nitrogens with one attached hydrogen (secondary N) is 1. The van der Waals surface area contributed by atoms with Gasteiger partial charge in [-0.1, -0.05) is 17.4 Å². The summed E-state index contributed by atoms with van der Waals surface area (Å²) < 4.78 is 2.30. The Morgan fingerprint density at radius 3 is 2.93 bits per heavy atom. The number of hydrogen-bond acceptors (Lipinski definition) is 7. The van der Waals surface area contributed by atoms with Crippen molar-refractivity contribution in [2.24, 2.45) is 0 Å². The molecule has 3 aromatic heterocycles. The minimum atomic E-state index is -0.226. The van der Waals surface area contributed by atoms with Gasteiger partial charge in [-0.15, -0.1) is 10.2 Å². The Bertz CT molecular complexity index is 959. The summed E-state index contributed by atoms with van der Waals surface area (Å²) in [6, 6.07) is 5.46. The molecule has 8 nitrogen and oxygen atoms in total. The first kappa shape index (κ1) is 19.5. The third-order valence-electron chi connectivity index (χ3n) is 3.68. The molecule has 0 aliphatic rings. The van der Waals surface area contributed by atoms with Crippen LogP contribution >= 0.6 is 33.9 Å². The highest BCUT2D eigenvalue weighted by Gasteiger charge is 2.09. The fraction of sp³-hybridized carbons (Fsp3) is 0.294. The first-order valence-electron chi connectivity index (χ1n) is 8.34. The summed E-state index contributed by atoms with van der Waals surface area (Å²) in [4.78, 5) is 31.6. The van der Waals surface area contributed by atoms with Crippen molar-refractivity contribution < 1.29 is 4.79 Å². The first-order chi connectivity index (χ1) is 13.1. The number of anilines is 1. The lowest BCUT2D eigenvalue weighted by Crippen LogP contribution is -2.22. The summed E-state index contributed by atoms with van der Waals surface area (Å²) in [5, 5.41) is 12.2. The Morgan fingerprint density at radius 1 is 1.26 bits per heavy atom. The summed E-state index contributed by atoms with van der Waals surface area (Å²) in [6.07, 6.45) is 7.81. The molecule has 0 aliphatic carbocycles. The van der Waals surface area contributed by atoms with E-state index in [0.717, 1.165) is 29.8 Å². The highest BCUT2D eigenvalue weighted by molar-refractivity contribution is 14.1. The molecule has 0 bridgehead atoms. The highest BCUT2D eigenvalue weighted by atomic mass is 127. The maximum Gasteiger partial charge on any atom is 0.348 e. The van der Waals surface area contributed by atoms with Crippen molar-refractivity contribution in [1.82, 2.24) is 24.7 Å². The highest BCUT2D eigenvalue weighted by Crippen LogP contribution is 2.17. The lowest BCUT2D eigenvalue weighted by molar-refractivity contribution is -0.115. The van der Waals surface area contributed by atoms with Crippen molar-refractivity contribution in [3.63, 3.8) is 0 Å². The molecule has 0 unspecified atom stereocenters. The normalized spacial score (nSPS) is 10.7. The van der Waals surface area contributed by atoms with Gasteiger partial charge in [-0.05, 0) is 53.1 Å². The maximum absolute atomic E-state index is 12.0. The fourth-order valence-electron chi connectivity index (χ4n) is 2.39. The number of nitrogens with zero attached hydrogens (tertiary/aromatic N) is 5. The molecule has 0 aliphatic heterocycles. The SMILES string of the molecule is O=C(Cc1cccnc1)Nc1nnc(CCCCn2ccc(I)nc2=O)s1. The predicted octanol–water partition coefficient (Wildman–Crippen LogP) is 2.30. The van der Waals surface area contributed by atoms with E-state index in [1.54, 1.807) is 29.2 Å². The van der Waals surface area contributed by atoms with Gasteiger partial charge in [-0.2, -0.15) is 4.98 Å². The van der Waals surface area contributed by atoms with Gasteiger partial charge in [0.25, 0.3) is 0 Å². The summed E-state index contributed by atoms with van der Waals surface area (Å²) in [5.74, 6) is -0.142. The van der Waals surface area contributed by atoms with Crippen LogP contribution in [-0.2, 0) is 24.2 Å². The molecule has 0 spiro atoms. The zero-order valence-corrected chi connectivity index (χ0v) is 17.3. The molecule has 0 aromatic carbocycles. The van der Waals surface area contributed by atoms with Crippen LogP contribution in [0.5, 0.6) is 0 Å². The number of pyridine rings is 1. The van der Waals surface area contributed by atoms with Gasteiger partial charge in [0.05, 0.1) is 6.42 Å². The average molecular weight is 496 g/mol. The second-order valence-electron chi connectivity index (χ2n) is 5.77. The second-order valence-corrected chi connectivity index (χ2v) is 7.94. The molecule has 0 saturated carbocycles. The molecule has 0 fully saturated rings. The Labute approximate surface area is 173 Å². The molecular weight excluding hydrogens is 479 g/mol. The molecule has 1 amide bonds. The van der Waals surface area contributed by atoms with Crippen LogP contribution in [0.25, 0.3) is 0 Å². The zero-order valence-electron chi connectivity index (χ0n) is 14.3. The molecule has 3 heterocycles. The van der Waals surface area contributed by atoms with E-state index in [9.17, 15) is 9.59 Å². The topological polar surface area (TPSA) is 103 Å². The van der Waals surface area contributed by atoms with Crippen LogP contribution in [0.3, 0.4) is 0 Å². The molecule has 3 aromatic rings. The van der Waals surface area contributed by atoms with Crippen LogP contribution < -0.4 is 11.0 Å². The quantitative estimate of drug-likeness (QED) is 0.292. The third-order valence-corrected chi connectivity index (χ3v) is 5.18. The van der Waals surface area contributed by atoms with Crippen LogP contribution in [0.2, 0.25) is 0 Å². The van der Waals surface area contributed by atoms with Crippen LogP contribution in [0.4, 0.5) is 5.13 Å². The van der Waals surface area contributed by atoms with Crippen molar-refractivity contribution in [1.29, 1.82) is 0 Å². The lowest BCUT2D eigenvalue weighted by Gasteiger charge is -2.03. The van der Waals surface area contributed by atoms with Crippen LogP contribution in [0.1, 0.15) is 23.4 Å². The van der Waals surface area contributed by atoms with Gasteiger partial charge in [-0.25, -0.2) is 4.79 Å². The van der Waals surface area contributed by atoms with Crippen molar-refractivity contribution in [3.8, 4) is 0 Å². The number of hydrogen-bond donors (Lipinski definition) is 1. The molecule has 3 rings (SSSR count). The van der Waals surface area contributed by atoms with Crippen molar-refractivity contribution in [3.05, 3.63) is 61.5 Å². The van der Waals surface area contributed by atoms with E-state index in [2.05, 4.69) is 25.5 Å². The van der Waals surface area contributed by atoms with Crippen LogP contribution in [-0.4, -0.2) is 30.6 Å². The third kappa shape index (κ3) is 6.17. The van der Waals surface area contributed by atoms with E-state index in [0.29, 0.717) is 15.4 Å². The minimum absolute atomic E-state index is 0.142. The molecule has 1 N–H and O–H groups in total. The van der Waals surface area contributed by atoms with E-state index in [4.69, 9.17) is 0 Å². The second kappa shape index (κ2) is 9.65. The minimum Gasteiger partial charge on any atom is -0.300 e. The summed E-state index contributed by atoms with van der Waals surface area (Å²) >= 11 is 3.39. The molecule has 0 saturated heterocycles. The van der Waals surface area contributed by atoms with Gasteiger partial charge in [0.2, 0.25) is 11.0 Å². The predicted molar refractivity (Wildman–Crippen MR) is 111 cm³/mol. The molecule has 10 heteroatoms. The Hall–Kier alpha value is -2.21. The van der Waals surface area contributed by atoms with Gasteiger partial charge in [-0.3, -0.25) is 14.3 Å². The van der Waals surface area contributed by atoms with Crippen molar-refractivity contribution in [2.45, 2.75) is 32.2 Å². The number of amides is 1. The molecule has 27 heavy (non-hydrogen) atoms. The van der Waals surface area contributed by atoms with E-state index in [-0.39, 0.29) is 18.0 Å². The number of carbonyl (C=O) groups excluding carboxylic acids is 1. The van der Waals surface area contributed by atoms with Crippen LogP contribution in [0.15, 0.2) is 41.6 Å². The van der Waals surface area contributed by atoms with Crippen molar-refractivity contribution >= 4 is 45.0 Å². The smallest absolute Gasteiger partial charge is 0.300 e.